The average Bonchev–Trinajstić information content (AvgIpc) is 2.40. The number of carbonyl (C=O) groups is 1. The maximum atomic E-state index is 13.0. The molecule has 0 aromatic heterocycles. The molecule has 0 aliphatic carbocycles. The van der Waals surface area contributed by atoms with Gasteiger partial charge in [0.1, 0.15) is 11.6 Å². The van der Waals surface area contributed by atoms with Crippen LogP contribution in [0.15, 0.2) is 42.5 Å². The first-order valence-electron chi connectivity index (χ1n) is 5.99. The molecule has 0 aliphatic heterocycles. The van der Waals surface area contributed by atoms with Crippen LogP contribution >= 0.6 is 11.6 Å². The number of hydrogen-bond acceptors (Lipinski definition) is 2. The van der Waals surface area contributed by atoms with Gasteiger partial charge >= 0.3 is 0 Å². The molecule has 1 amide bonds. The lowest BCUT2D eigenvalue weighted by Crippen LogP contribution is -2.20. The minimum Gasteiger partial charge on any atom is -0.484 e. The first kappa shape index (κ1) is 14.3. The molecule has 0 fully saturated rings. The van der Waals surface area contributed by atoms with E-state index in [1.807, 2.05) is 6.92 Å². The number of hydrogen-bond donors (Lipinski definition) is 1. The molecular weight excluding hydrogens is 281 g/mol. The third-order valence-corrected chi connectivity index (χ3v) is 3.03. The zero-order valence-electron chi connectivity index (χ0n) is 10.8. The molecule has 0 spiro atoms. The van der Waals surface area contributed by atoms with Crippen LogP contribution in [0.2, 0.25) is 5.02 Å². The van der Waals surface area contributed by atoms with Gasteiger partial charge in [-0.3, -0.25) is 4.79 Å². The Labute approximate surface area is 121 Å². The molecule has 5 heteroatoms. The standard InChI is InChI=1S/C15H13ClFNO2/c1-10-7-13(5-6-14(10)16)20-9-15(19)18-12-4-2-3-11(17)8-12/h2-8H,9H2,1H3,(H,18,19). The smallest absolute Gasteiger partial charge is 0.262 e. The fourth-order valence-electron chi connectivity index (χ4n) is 1.62. The van der Waals surface area contributed by atoms with Gasteiger partial charge in [-0.25, -0.2) is 4.39 Å². The van der Waals surface area contributed by atoms with Gasteiger partial charge in [0, 0.05) is 10.7 Å². The largest absolute Gasteiger partial charge is 0.484 e. The van der Waals surface area contributed by atoms with Gasteiger partial charge in [-0.05, 0) is 48.9 Å². The molecule has 3 nitrogen and oxygen atoms in total. The Balaban J connectivity index is 1.90. The summed E-state index contributed by atoms with van der Waals surface area (Å²) >= 11 is 5.90. The van der Waals surface area contributed by atoms with Gasteiger partial charge in [-0.1, -0.05) is 17.7 Å². The van der Waals surface area contributed by atoms with Crippen molar-refractivity contribution < 1.29 is 13.9 Å². The number of amides is 1. The number of halogens is 2. The number of anilines is 1. The van der Waals surface area contributed by atoms with Crippen LogP contribution < -0.4 is 10.1 Å². The lowest BCUT2D eigenvalue weighted by Gasteiger charge is -2.08. The fraction of sp³-hybridized carbons (Fsp3) is 0.133. The van der Waals surface area contributed by atoms with E-state index in [9.17, 15) is 9.18 Å². The van der Waals surface area contributed by atoms with E-state index < -0.39 is 5.82 Å². The van der Waals surface area contributed by atoms with Crippen LogP contribution in [0.4, 0.5) is 10.1 Å². The molecule has 0 atom stereocenters. The molecule has 2 aromatic rings. The molecule has 2 rings (SSSR count). The number of ether oxygens (including phenoxy) is 1. The van der Waals surface area contributed by atoms with Crippen molar-refractivity contribution in [2.24, 2.45) is 0 Å². The van der Waals surface area contributed by atoms with Crippen LogP contribution in [0.3, 0.4) is 0 Å². The minimum atomic E-state index is -0.406. The van der Waals surface area contributed by atoms with Crippen molar-refractivity contribution in [3.63, 3.8) is 0 Å². The SMILES string of the molecule is Cc1cc(OCC(=O)Nc2cccc(F)c2)ccc1Cl. The normalized spacial score (nSPS) is 10.2. The molecule has 1 N–H and O–H groups in total. The Kier molecular flexibility index (Phi) is 4.58. The van der Waals surface area contributed by atoms with Gasteiger partial charge in [-0.2, -0.15) is 0 Å². The Morgan fingerprint density at radius 1 is 1.30 bits per heavy atom. The van der Waals surface area contributed by atoms with Crippen LogP contribution in [0.5, 0.6) is 5.75 Å². The molecule has 0 saturated carbocycles. The molecule has 0 aliphatic rings. The molecule has 104 valence electrons. The zero-order chi connectivity index (χ0) is 14.5. The second-order valence-electron chi connectivity index (χ2n) is 4.26. The van der Waals surface area contributed by atoms with Crippen molar-refractivity contribution in [2.75, 3.05) is 11.9 Å². The second-order valence-corrected chi connectivity index (χ2v) is 4.67. The molecule has 0 unspecified atom stereocenters. The van der Waals surface area contributed by atoms with Crippen molar-refractivity contribution >= 4 is 23.2 Å². The number of nitrogens with one attached hydrogen (secondary N) is 1. The molecule has 2 aromatic carbocycles. The van der Waals surface area contributed by atoms with Crippen molar-refractivity contribution in [3.8, 4) is 5.75 Å². The van der Waals surface area contributed by atoms with Crippen molar-refractivity contribution in [1.82, 2.24) is 0 Å². The molecule has 0 bridgehead atoms. The third-order valence-electron chi connectivity index (χ3n) is 2.61. The highest BCUT2D eigenvalue weighted by Gasteiger charge is 2.05. The number of benzene rings is 2. The van der Waals surface area contributed by atoms with Gasteiger partial charge in [0.15, 0.2) is 6.61 Å². The lowest BCUT2D eigenvalue weighted by atomic mass is 10.2. The van der Waals surface area contributed by atoms with Crippen molar-refractivity contribution in [2.45, 2.75) is 6.92 Å². The van der Waals surface area contributed by atoms with Crippen LogP contribution in [0.1, 0.15) is 5.56 Å². The van der Waals surface area contributed by atoms with Crippen molar-refractivity contribution in [3.05, 3.63) is 58.9 Å². The Bertz CT molecular complexity index is 631. The van der Waals surface area contributed by atoms with E-state index in [1.165, 1.54) is 18.2 Å². The van der Waals surface area contributed by atoms with Gasteiger partial charge in [0.25, 0.3) is 5.91 Å². The van der Waals surface area contributed by atoms with E-state index in [0.29, 0.717) is 16.5 Å². The van der Waals surface area contributed by atoms with E-state index in [0.717, 1.165) is 5.56 Å². The Morgan fingerprint density at radius 2 is 2.10 bits per heavy atom. The van der Waals surface area contributed by atoms with Crippen LogP contribution in [-0.4, -0.2) is 12.5 Å². The summed E-state index contributed by atoms with van der Waals surface area (Å²) < 4.78 is 18.3. The summed E-state index contributed by atoms with van der Waals surface area (Å²) in [6, 6.07) is 10.8. The first-order valence-corrected chi connectivity index (χ1v) is 6.37. The van der Waals surface area contributed by atoms with E-state index in [1.54, 1.807) is 24.3 Å². The molecular formula is C15H13ClFNO2. The Morgan fingerprint density at radius 3 is 2.80 bits per heavy atom. The van der Waals surface area contributed by atoms with Gasteiger partial charge in [0.2, 0.25) is 0 Å². The maximum absolute atomic E-state index is 13.0. The highest BCUT2D eigenvalue weighted by molar-refractivity contribution is 6.31. The monoisotopic (exact) mass is 293 g/mol. The molecule has 0 radical (unpaired) electrons. The first-order chi connectivity index (χ1) is 9.54. The average molecular weight is 294 g/mol. The summed E-state index contributed by atoms with van der Waals surface area (Å²) in [5.74, 6) is -0.207. The lowest BCUT2D eigenvalue weighted by molar-refractivity contribution is -0.118. The fourth-order valence-corrected chi connectivity index (χ4v) is 1.74. The number of rotatable bonds is 4. The summed E-state index contributed by atoms with van der Waals surface area (Å²) in [6.07, 6.45) is 0. The predicted octanol–water partition coefficient (Wildman–Crippen LogP) is 3.81. The van der Waals surface area contributed by atoms with Crippen LogP contribution in [-0.2, 0) is 4.79 Å². The van der Waals surface area contributed by atoms with Gasteiger partial charge < -0.3 is 10.1 Å². The highest BCUT2D eigenvalue weighted by Crippen LogP contribution is 2.21. The van der Waals surface area contributed by atoms with E-state index >= 15 is 0 Å². The quantitative estimate of drug-likeness (QED) is 0.931. The number of aryl methyl sites for hydroxylation is 1. The third kappa shape index (κ3) is 3.96. The van der Waals surface area contributed by atoms with Gasteiger partial charge in [-0.15, -0.1) is 0 Å². The molecule has 20 heavy (non-hydrogen) atoms. The maximum Gasteiger partial charge on any atom is 0.262 e. The summed E-state index contributed by atoms with van der Waals surface area (Å²) in [7, 11) is 0. The minimum absolute atomic E-state index is 0.155. The van der Waals surface area contributed by atoms with Gasteiger partial charge in [0.05, 0.1) is 0 Å². The van der Waals surface area contributed by atoms with E-state index in [4.69, 9.17) is 16.3 Å². The van der Waals surface area contributed by atoms with Crippen molar-refractivity contribution in [1.29, 1.82) is 0 Å². The van der Waals surface area contributed by atoms with Crippen LogP contribution in [0, 0.1) is 12.7 Å². The summed E-state index contributed by atoms with van der Waals surface area (Å²) in [6.45, 7) is 1.69. The second kappa shape index (κ2) is 6.39. The number of carbonyl (C=O) groups excluding carboxylic acids is 1. The molecule has 0 heterocycles. The molecule has 0 saturated heterocycles. The summed E-state index contributed by atoms with van der Waals surface area (Å²) in [5.41, 5.74) is 1.26. The summed E-state index contributed by atoms with van der Waals surface area (Å²) in [5, 5.41) is 3.19. The summed E-state index contributed by atoms with van der Waals surface area (Å²) in [4.78, 5) is 11.7. The Hall–Kier alpha value is -2.07. The van der Waals surface area contributed by atoms with E-state index in [-0.39, 0.29) is 12.5 Å². The van der Waals surface area contributed by atoms with E-state index in [2.05, 4.69) is 5.32 Å². The predicted molar refractivity (Wildman–Crippen MR) is 76.7 cm³/mol. The zero-order valence-corrected chi connectivity index (χ0v) is 11.6. The topological polar surface area (TPSA) is 38.3 Å². The van der Waals surface area contributed by atoms with Crippen LogP contribution in [0.25, 0.3) is 0 Å². The highest BCUT2D eigenvalue weighted by atomic mass is 35.5.